The van der Waals surface area contributed by atoms with Crippen LogP contribution in [0, 0.1) is 39.0 Å². The van der Waals surface area contributed by atoms with Crippen molar-refractivity contribution in [1.82, 2.24) is 9.55 Å². The molecule has 1 aromatic carbocycles. The molecular formula is C22H24N4O2S2. The number of hydrogen-bond acceptors (Lipinski definition) is 6. The maximum Gasteiger partial charge on any atom is 0.262 e. The number of carbonyl (C=O) groups is 1. The number of carbonyl (C=O) groups excluding carboxylic acids is 1. The van der Waals surface area contributed by atoms with Crippen molar-refractivity contribution in [2.24, 2.45) is 7.05 Å². The number of anilines is 1. The van der Waals surface area contributed by atoms with Gasteiger partial charge >= 0.3 is 0 Å². The molecule has 3 aromatic rings. The lowest BCUT2D eigenvalue weighted by atomic mass is 10.1. The first-order valence-electron chi connectivity index (χ1n) is 9.58. The standard InChI is InChI=1S/C22H24N4O2S2/c1-13-9-14(2)11-17(10-13)26(8-6-7-23)18(27)12-29-22-24-20-19(21(28)25(22)5)15(3)16(4)30-20/h9-11H,6,8,12H2,1-5H3. The SMILES string of the molecule is Cc1cc(C)cc(N(CCC#N)C(=O)CSc2nc3sc(C)c(C)c3c(=O)n2C)c1. The van der Waals surface area contributed by atoms with Gasteiger partial charge in [-0.15, -0.1) is 11.3 Å². The molecule has 1 amide bonds. The lowest BCUT2D eigenvalue weighted by molar-refractivity contribution is -0.116. The minimum absolute atomic E-state index is 0.0903. The van der Waals surface area contributed by atoms with E-state index in [9.17, 15) is 9.59 Å². The van der Waals surface area contributed by atoms with Crippen LogP contribution in [0.4, 0.5) is 5.69 Å². The number of amides is 1. The first-order valence-corrected chi connectivity index (χ1v) is 11.4. The summed E-state index contributed by atoms with van der Waals surface area (Å²) in [5.41, 5.74) is 3.78. The number of benzene rings is 1. The molecule has 0 saturated heterocycles. The zero-order valence-corrected chi connectivity index (χ0v) is 19.4. The van der Waals surface area contributed by atoms with Gasteiger partial charge in [0.25, 0.3) is 5.56 Å². The van der Waals surface area contributed by atoms with Crippen LogP contribution >= 0.6 is 23.1 Å². The Balaban J connectivity index is 1.87. The van der Waals surface area contributed by atoms with Gasteiger partial charge in [-0.3, -0.25) is 14.2 Å². The summed E-state index contributed by atoms with van der Waals surface area (Å²) in [4.78, 5) is 33.9. The molecule has 8 heteroatoms. The normalized spacial score (nSPS) is 10.9. The van der Waals surface area contributed by atoms with E-state index in [0.29, 0.717) is 21.9 Å². The molecule has 0 aliphatic heterocycles. The van der Waals surface area contributed by atoms with E-state index in [1.165, 1.54) is 27.7 Å². The summed E-state index contributed by atoms with van der Waals surface area (Å²) >= 11 is 2.75. The smallest absolute Gasteiger partial charge is 0.262 e. The summed E-state index contributed by atoms with van der Waals surface area (Å²) in [6.45, 7) is 8.21. The molecule has 0 unspecified atom stereocenters. The highest BCUT2D eigenvalue weighted by molar-refractivity contribution is 7.99. The van der Waals surface area contributed by atoms with Crippen molar-refractivity contribution in [2.75, 3.05) is 17.2 Å². The lowest BCUT2D eigenvalue weighted by Crippen LogP contribution is -2.33. The summed E-state index contributed by atoms with van der Waals surface area (Å²) in [6.07, 6.45) is 0.250. The molecule has 0 radical (unpaired) electrons. The van der Waals surface area contributed by atoms with Crippen LogP contribution in [-0.2, 0) is 11.8 Å². The van der Waals surface area contributed by atoms with Crippen LogP contribution in [0.2, 0.25) is 0 Å². The van der Waals surface area contributed by atoms with E-state index in [2.05, 4.69) is 11.1 Å². The minimum Gasteiger partial charge on any atom is -0.311 e. The second-order valence-corrected chi connectivity index (χ2v) is 9.46. The predicted octanol–water partition coefficient (Wildman–Crippen LogP) is 4.27. The van der Waals surface area contributed by atoms with Crippen LogP contribution in [-0.4, -0.2) is 27.8 Å². The predicted molar refractivity (Wildman–Crippen MR) is 124 cm³/mol. The number of nitriles is 1. The number of thioether (sulfide) groups is 1. The van der Waals surface area contributed by atoms with Crippen LogP contribution in [0.15, 0.2) is 28.2 Å². The summed E-state index contributed by atoms with van der Waals surface area (Å²) < 4.78 is 1.51. The van der Waals surface area contributed by atoms with E-state index < -0.39 is 0 Å². The highest BCUT2D eigenvalue weighted by atomic mass is 32.2. The number of aromatic nitrogens is 2. The molecular weight excluding hydrogens is 416 g/mol. The molecule has 0 saturated carbocycles. The second-order valence-electron chi connectivity index (χ2n) is 7.31. The van der Waals surface area contributed by atoms with E-state index in [4.69, 9.17) is 5.26 Å². The Labute approximate surface area is 184 Å². The number of fused-ring (bicyclic) bond motifs is 1. The monoisotopic (exact) mass is 440 g/mol. The van der Waals surface area contributed by atoms with Crippen molar-refractivity contribution in [3.63, 3.8) is 0 Å². The Morgan fingerprint density at radius 2 is 1.90 bits per heavy atom. The van der Waals surface area contributed by atoms with Gasteiger partial charge in [0, 0.05) is 24.2 Å². The summed E-state index contributed by atoms with van der Waals surface area (Å²) in [5, 5.41) is 10.2. The fraction of sp³-hybridized carbons (Fsp3) is 0.364. The quantitative estimate of drug-likeness (QED) is 0.422. The molecule has 0 spiro atoms. The van der Waals surface area contributed by atoms with Gasteiger partial charge in [0.1, 0.15) is 4.83 Å². The fourth-order valence-corrected chi connectivity index (χ4v) is 5.27. The molecule has 0 atom stereocenters. The molecule has 3 rings (SSSR count). The van der Waals surface area contributed by atoms with Crippen molar-refractivity contribution < 1.29 is 4.79 Å². The van der Waals surface area contributed by atoms with Crippen molar-refractivity contribution in [3.05, 3.63) is 50.1 Å². The van der Waals surface area contributed by atoms with Crippen molar-refractivity contribution in [1.29, 1.82) is 5.26 Å². The average Bonchev–Trinajstić information content (AvgIpc) is 2.97. The molecule has 0 aliphatic carbocycles. The van der Waals surface area contributed by atoms with Gasteiger partial charge in [-0.1, -0.05) is 17.8 Å². The van der Waals surface area contributed by atoms with Gasteiger partial charge in [0.15, 0.2) is 5.16 Å². The Kier molecular flexibility index (Phi) is 6.64. The summed E-state index contributed by atoms with van der Waals surface area (Å²) in [5.74, 6) is 0.0150. The van der Waals surface area contributed by atoms with Gasteiger partial charge in [-0.25, -0.2) is 4.98 Å². The van der Waals surface area contributed by atoms with Crippen LogP contribution in [0.25, 0.3) is 10.2 Å². The average molecular weight is 441 g/mol. The molecule has 2 aromatic heterocycles. The van der Waals surface area contributed by atoms with Crippen LogP contribution in [0.5, 0.6) is 0 Å². The van der Waals surface area contributed by atoms with E-state index >= 15 is 0 Å². The zero-order chi connectivity index (χ0) is 22.0. The molecule has 30 heavy (non-hydrogen) atoms. The third-order valence-corrected chi connectivity index (χ3v) is 7.08. The number of hydrogen-bond donors (Lipinski definition) is 0. The third kappa shape index (κ3) is 4.42. The summed E-state index contributed by atoms with van der Waals surface area (Å²) in [6, 6.07) is 8.06. The van der Waals surface area contributed by atoms with Crippen molar-refractivity contribution >= 4 is 44.9 Å². The molecule has 0 N–H and O–H groups in total. The maximum absolute atomic E-state index is 13.0. The van der Waals surface area contributed by atoms with Crippen LogP contribution < -0.4 is 10.5 Å². The van der Waals surface area contributed by atoms with Gasteiger partial charge in [-0.05, 0) is 56.5 Å². The molecule has 0 aliphatic rings. The third-order valence-electron chi connectivity index (χ3n) is 4.96. The van der Waals surface area contributed by atoms with E-state index in [1.54, 1.807) is 11.9 Å². The molecule has 0 fully saturated rings. The number of thiophene rings is 1. The van der Waals surface area contributed by atoms with Crippen LogP contribution in [0.1, 0.15) is 28.0 Å². The minimum atomic E-state index is -0.117. The van der Waals surface area contributed by atoms with Crippen molar-refractivity contribution in [3.8, 4) is 6.07 Å². The fourth-order valence-electron chi connectivity index (χ4n) is 3.36. The highest BCUT2D eigenvalue weighted by Gasteiger charge is 2.19. The van der Waals surface area contributed by atoms with Crippen LogP contribution in [0.3, 0.4) is 0 Å². The summed E-state index contributed by atoms with van der Waals surface area (Å²) in [7, 11) is 1.69. The Bertz CT molecular complexity index is 1200. The topological polar surface area (TPSA) is 79.0 Å². The Morgan fingerprint density at radius 1 is 1.23 bits per heavy atom. The first kappa shape index (κ1) is 22.1. The molecule has 0 bridgehead atoms. The largest absolute Gasteiger partial charge is 0.311 e. The molecule has 6 nitrogen and oxygen atoms in total. The number of rotatable bonds is 6. The van der Waals surface area contributed by atoms with Gasteiger partial charge < -0.3 is 4.90 Å². The van der Waals surface area contributed by atoms with Gasteiger partial charge in [-0.2, -0.15) is 5.26 Å². The van der Waals surface area contributed by atoms with Gasteiger partial charge in [0.05, 0.1) is 23.6 Å². The lowest BCUT2D eigenvalue weighted by Gasteiger charge is -2.23. The van der Waals surface area contributed by atoms with Gasteiger partial charge in [0.2, 0.25) is 5.91 Å². The number of aryl methyl sites for hydroxylation is 4. The highest BCUT2D eigenvalue weighted by Crippen LogP contribution is 2.28. The zero-order valence-electron chi connectivity index (χ0n) is 17.8. The van der Waals surface area contributed by atoms with E-state index in [1.807, 2.05) is 45.9 Å². The molecule has 156 valence electrons. The van der Waals surface area contributed by atoms with Crippen molar-refractivity contribution in [2.45, 2.75) is 39.3 Å². The maximum atomic E-state index is 13.0. The first-order chi connectivity index (χ1) is 14.2. The second kappa shape index (κ2) is 9.02. The van der Waals surface area contributed by atoms with E-state index in [-0.39, 0.29) is 23.6 Å². The van der Waals surface area contributed by atoms with E-state index in [0.717, 1.165) is 27.3 Å². The molecule has 2 heterocycles. The Hall–Kier alpha value is -2.63. The Morgan fingerprint density at radius 3 is 2.53 bits per heavy atom. The number of nitrogens with zero attached hydrogens (tertiary/aromatic N) is 4.